The average molecular weight is 346 g/mol. The van der Waals surface area contributed by atoms with Gasteiger partial charge in [-0.2, -0.15) is 11.3 Å². The predicted molar refractivity (Wildman–Crippen MR) is 92.0 cm³/mol. The van der Waals surface area contributed by atoms with E-state index in [1.54, 1.807) is 23.5 Å². The van der Waals surface area contributed by atoms with E-state index >= 15 is 0 Å². The summed E-state index contributed by atoms with van der Waals surface area (Å²) in [5, 5.41) is 7.30. The van der Waals surface area contributed by atoms with Gasteiger partial charge in [-0.3, -0.25) is 9.69 Å². The monoisotopic (exact) mass is 346 g/mol. The predicted octanol–water partition coefficient (Wildman–Crippen LogP) is 2.61. The van der Waals surface area contributed by atoms with Crippen molar-refractivity contribution in [2.24, 2.45) is 11.8 Å². The van der Waals surface area contributed by atoms with Crippen molar-refractivity contribution in [1.82, 2.24) is 10.2 Å². The van der Waals surface area contributed by atoms with Gasteiger partial charge in [-0.15, -0.1) is 0 Å². The Kier molecular flexibility index (Phi) is 4.69. The van der Waals surface area contributed by atoms with Crippen molar-refractivity contribution in [2.75, 3.05) is 26.2 Å². The number of nitrogens with zero attached hydrogens (tertiary/aromatic N) is 1. The topological polar surface area (TPSA) is 54.7 Å². The Morgan fingerprint density at radius 2 is 2.38 bits per heavy atom. The molecule has 6 heteroatoms. The zero-order chi connectivity index (χ0) is 16.4. The minimum absolute atomic E-state index is 0.0965. The second-order valence-corrected chi connectivity index (χ2v) is 7.42. The van der Waals surface area contributed by atoms with Crippen LogP contribution in [0.25, 0.3) is 0 Å². The Morgan fingerprint density at radius 1 is 1.42 bits per heavy atom. The van der Waals surface area contributed by atoms with E-state index in [0.717, 1.165) is 26.2 Å². The van der Waals surface area contributed by atoms with E-state index in [1.165, 1.54) is 18.2 Å². The lowest BCUT2D eigenvalue weighted by molar-refractivity contribution is 0.0668. The standard InChI is InChI=1S/C18H22N2O3S/c21-18(16-2-1-6-22-16)19-8-17-15-10-20(5-3-14(15)11-23-17)9-13-4-7-24-12-13/h1-2,4,6-7,12,14-15,17H,3,5,8-11H2,(H,19,21)/t14-,15+,17-/m0/s1. The number of fused-ring (bicyclic) bond motifs is 1. The van der Waals surface area contributed by atoms with Gasteiger partial charge in [0.1, 0.15) is 0 Å². The highest BCUT2D eigenvalue weighted by Gasteiger charge is 2.40. The Balaban J connectivity index is 1.32. The maximum absolute atomic E-state index is 12.0. The molecule has 1 N–H and O–H groups in total. The number of rotatable bonds is 5. The number of likely N-dealkylation sites (tertiary alicyclic amines) is 1. The SMILES string of the molecule is O=C(NC[C@@H]1OC[C@@H]2CCN(Cc3ccsc3)C[C@H]21)c1ccco1. The van der Waals surface area contributed by atoms with E-state index in [-0.39, 0.29) is 12.0 Å². The van der Waals surface area contributed by atoms with Crippen molar-refractivity contribution in [3.8, 4) is 0 Å². The average Bonchev–Trinajstić information content (AvgIpc) is 3.34. The molecular weight excluding hydrogens is 324 g/mol. The third-order valence-corrected chi connectivity index (χ3v) is 5.82. The zero-order valence-corrected chi connectivity index (χ0v) is 14.3. The van der Waals surface area contributed by atoms with Gasteiger partial charge in [-0.25, -0.2) is 0 Å². The van der Waals surface area contributed by atoms with Crippen molar-refractivity contribution in [2.45, 2.75) is 19.1 Å². The Morgan fingerprint density at radius 3 is 3.17 bits per heavy atom. The van der Waals surface area contributed by atoms with Gasteiger partial charge in [0.05, 0.1) is 19.0 Å². The quantitative estimate of drug-likeness (QED) is 0.904. The maximum atomic E-state index is 12.0. The lowest BCUT2D eigenvalue weighted by Crippen LogP contribution is -2.45. The first-order valence-corrected chi connectivity index (χ1v) is 9.40. The van der Waals surface area contributed by atoms with Gasteiger partial charge < -0.3 is 14.5 Å². The Hall–Kier alpha value is -1.63. The number of thiophene rings is 1. The molecule has 2 aromatic rings. The second kappa shape index (κ2) is 7.09. The molecule has 4 rings (SSSR count). The lowest BCUT2D eigenvalue weighted by atomic mass is 9.84. The molecule has 0 radical (unpaired) electrons. The van der Waals surface area contributed by atoms with Gasteiger partial charge in [-0.1, -0.05) is 0 Å². The van der Waals surface area contributed by atoms with Crippen LogP contribution in [-0.4, -0.2) is 43.2 Å². The highest BCUT2D eigenvalue weighted by atomic mass is 32.1. The van der Waals surface area contributed by atoms with Crippen LogP contribution in [0.2, 0.25) is 0 Å². The van der Waals surface area contributed by atoms with Crippen LogP contribution in [0.15, 0.2) is 39.6 Å². The van der Waals surface area contributed by atoms with Gasteiger partial charge in [0.2, 0.25) is 0 Å². The number of carbonyl (C=O) groups excluding carboxylic acids is 1. The molecule has 2 aromatic heterocycles. The number of hydrogen-bond acceptors (Lipinski definition) is 5. The number of amides is 1. The molecule has 3 atom stereocenters. The molecule has 128 valence electrons. The second-order valence-electron chi connectivity index (χ2n) is 6.64. The van der Waals surface area contributed by atoms with Crippen LogP contribution < -0.4 is 5.32 Å². The summed E-state index contributed by atoms with van der Waals surface area (Å²) in [4.78, 5) is 14.5. The van der Waals surface area contributed by atoms with Gasteiger partial charge in [0.15, 0.2) is 5.76 Å². The van der Waals surface area contributed by atoms with E-state index in [1.807, 2.05) is 0 Å². The third kappa shape index (κ3) is 3.41. The summed E-state index contributed by atoms with van der Waals surface area (Å²) in [6.07, 6.45) is 2.79. The summed E-state index contributed by atoms with van der Waals surface area (Å²) < 4.78 is 11.1. The van der Waals surface area contributed by atoms with Crippen molar-refractivity contribution >= 4 is 17.2 Å². The minimum Gasteiger partial charge on any atom is -0.459 e. The van der Waals surface area contributed by atoms with Gasteiger partial charge >= 0.3 is 0 Å². The van der Waals surface area contributed by atoms with Crippen LogP contribution >= 0.6 is 11.3 Å². The number of carbonyl (C=O) groups is 1. The maximum Gasteiger partial charge on any atom is 0.287 e. The summed E-state index contributed by atoms with van der Waals surface area (Å²) in [6.45, 7) is 4.55. The van der Waals surface area contributed by atoms with Crippen LogP contribution in [-0.2, 0) is 11.3 Å². The molecule has 0 unspecified atom stereocenters. The van der Waals surface area contributed by atoms with Crippen molar-refractivity contribution in [3.05, 3.63) is 46.5 Å². The smallest absolute Gasteiger partial charge is 0.287 e. The van der Waals surface area contributed by atoms with Gasteiger partial charge in [-0.05, 0) is 53.4 Å². The highest BCUT2D eigenvalue weighted by molar-refractivity contribution is 7.07. The van der Waals surface area contributed by atoms with Crippen LogP contribution in [0.3, 0.4) is 0 Å². The molecule has 0 aromatic carbocycles. The Labute approximate surface area is 145 Å². The molecule has 2 saturated heterocycles. The first-order valence-electron chi connectivity index (χ1n) is 8.46. The van der Waals surface area contributed by atoms with Crippen LogP contribution in [0.5, 0.6) is 0 Å². The molecule has 0 aliphatic carbocycles. The van der Waals surface area contributed by atoms with E-state index in [0.29, 0.717) is 24.1 Å². The lowest BCUT2D eigenvalue weighted by Gasteiger charge is -2.35. The van der Waals surface area contributed by atoms with Gasteiger partial charge in [0, 0.05) is 25.6 Å². The van der Waals surface area contributed by atoms with E-state index < -0.39 is 0 Å². The van der Waals surface area contributed by atoms with Crippen LogP contribution in [0.4, 0.5) is 0 Å². The molecule has 24 heavy (non-hydrogen) atoms. The molecule has 2 aliphatic heterocycles. The molecular formula is C18H22N2O3S. The van der Waals surface area contributed by atoms with Crippen molar-refractivity contribution < 1.29 is 13.9 Å². The normalized spacial score (nSPS) is 27.1. The van der Waals surface area contributed by atoms with Crippen LogP contribution in [0.1, 0.15) is 22.5 Å². The van der Waals surface area contributed by atoms with E-state index in [2.05, 4.69) is 27.0 Å². The summed E-state index contributed by atoms with van der Waals surface area (Å²) in [6, 6.07) is 5.60. The summed E-state index contributed by atoms with van der Waals surface area (Å²) in [7, 11) is 0. The van der Waals surface area contributed by atoms with Crippen molar-refractivity contribution in [1.29, 1.82) is 0 Å². The molecule has 5 nitrogen and oxygen atoms in total. The first-order chi connectivity index (χ1) is 11.8. The molecule has 2 fully saturated rings. The molecule has 4 heterocycles. The molecule has 0 spiro atoms. The third-order valence-electron chi connectivity index (χ3n) is 5.09. The number of furan rings is 1. The number of hydrogen-bond donors (Lipinski definition) is 1. The molecule has 2 aliphatic rings. The summed E-state index contributed by atoms with van der Waals surface area (Å²) in [5.41, 5.74) is 1.39. The molecule has 0 bridgehead atoms. The number of nitrogens with one attached hydrogen (secondary N) is 1. The molecule has 0 saturated carbocycles. The van der Waals surface area contributed by atoms with Gasteiger partial charge in [0.25, 0.3) is 5.91 Å². The fourth-order valence-electron chi connectivity index (χ4n) is 3.78. The molecule has 1 amide bonds. The largest absolute Gasteiger partial charge is 0.459 e. The fourth-order valence-corrected chi connectivity index (χ4v) is 4.44. The fraction of sp³-hybridized carbons (Fsp3) is 0.500. The number of piperidine rings is 1. The minimum atomic E-state index is -0.169. The zero-order valence-electron chi connectivity index (χ0n) is 13.5. The van der Waals surface area contributed by atoms with Crippen LogP contribution in [0, 0.1) is 11.8 Å². The van der Waals surface area contributed by atoms with Crippen molar-refractivity contribution in [3.63, 3.8) is 0 Å². The Bertz CT molecular complexity index is 656. The highest BCUT2D eigenvalue weighted by Crippen LogP contribution is 2.34. The van der Waals surface area contributed by atoms with E-state index in [9.17, 15) is 4.79 Å². The van der Waals surface area contributed by atoms with E-state index in [4.69, 9.17) is 9.15 Å². The number of ether oxygens (including phenoxy) is 1. The summed E-state index contributed by atoms with van der Waals surface area (Å²) in [5.74, 6) is 1.30. The first kappa shape index (κ1) is 15.9. The summed E-state index contributed by atoms with van der Waals surface area (Å²) >= 11 is 1.75.